The fourth-order valence-electron chi connectivity index (χ4n) is 4.48. The third kappa shape index (κ3) is 2.95. The normalized spacial score (nSPS) is 14.8. The van der Waals surface area contributed by atoms with E-state index in [9.17, 15) is 4.79 Å². The van der Waals surface area contributed by atoms with Crippen LogP contribution in [0, 0.1) is 0 Å². The number of aryl methyl sites for hydroxylation is 1. The van der Waals surface area contributed by atoms with E-state index in [-0.39, 0.29) is 5.69 Å². The molecule has 0 aliphatic heterocycles. The number of nitrogens with one attached hydrogen (secondary N) is 1. The lowest BCUT2D eigenvalue weighted by molar-refractivity contribution is 0.509. The van der Waals surface area contributed by atoms with Gasteiger partial charge in [0.05, 0.1) is 22.4 Å². The number of fused-ring (bicyclic) bond motifs is 1. The molecule has 0 amide bonds. The molecule has 1 aliphatic carbocycles. The van der Waals surface area contributed by atoms with Gasteiger partial charge in [0.25, 0.3) is 0 Å². The zero-order chi connectivity index (χ0) is 20.1. The molecule has 2 aromatic carbocycles. The van der Waals surface area contributed by atoms with E-state index in [4.69, 9.17) is 17.3 Å². The Balaban J connectivity index is 1.68. The van der Waals surface area contributed by atoms with Crippen molar-refractivity contribution in [1.82, 2.24) is 19.1 Å². The molecule has 1 fully saturated rings. The lowest BCUT2D eigenvalue weighted by Gasteiger charge is -2.11. The molecule has 29 heavy (non-hydrogen) atoms. The molecule has 3 N–H and O–H groups in total. The van der Waals surface area contributed by atoms with Crippen molar-refractivity contribution >= 4 is 28.6 Å². The van der Waals surface area contributed by atoms with Crippen LogP contribution in [0.5, 0.6) is 0 Å². The zero-order valence-corrected chi connectivity index (χ0v) is 16.9. The van der Waals surface area contributed by atoms with Crippen LogP contribution in [-0.4, -0.2) is 19.1 Å². The molecule has 2 heterocycles. The minimum absolute atomic E-state index is 0.0447. The van der Waals surface area contributed by atoms with Gasteiger partial charge in [-0.3, -0.25) is 9.13 Å². The van der Waals surface area contributed by atoms with Crippen molar-refractivity contribution in [3.05, 3.63) is 58.0 Å². The molecular formula is C22H22ClN5O. The number of anilines is 1. The summed E-state index contributed by atoms with van der Waals surface area (Å²) in [4.78, 5) is 20.6. The van der Waals surface area contributed by atoms with Crippen LogP contribution in [0.4, 0.5) is 5.95 Å². The Morgan fingerprint density at radius 1 is 1.10 bits per heavy atom. The quantitative estimate of drug-likeness (QED) is 0.514. The maximum Gasteiger partial charge on any atom is 0.329 e. The van der Waals surface area contributed by atoms with Crippen LogP contribution in [0.15, 0.2) is 47.3 Å². The number of aromatic amines is 1. The fourth-order valence-corrected chi connectivity index (χ4v) is 4.67. The SMILES string of the molecule is Cn1c(=O)n(C2CCCC2)c2ccc(-c3[nH]c(N)nc3-c3cccc(Cl)c3)cc21. The number of nitrogen functional groups attached to an aromatic ring is 1. The van der Waals surface area contributed by atoms with Crippen molar-refractivity contribution in [2.75, 3.05) is 5.73 Å². The smallest absolute Gasteiger partial charge is 0.329 e. The highest BCUT2D eigenvalue weighted by atomic mass is 35.5. The molecule has 0 unspecified atom stereocenters. The highest BCUT2D eigenvalue weighted by molar-refractivity contribution is 6.30. The van der Waals surface area contributed by atoms with Gasteiger partial charge < -0.3 is 10.7 Å². The molecule has 0 atom stereocenters. The molecule has 1 aliphatic rings. The summed E-state index contributed by atoms with van der Waals surface area (Å²) in [6.07, 6.45) is 4.50. The summed E-state index contributed by atoms with van der Waals surface area (Å²) in [5.74, 6) is 0.340. The van der Waals surface area contributed by atoms with E-state index in [1.165, 1.54) is 12.8 Å². The van der Waals surface area contributed by atoms with Crippen LogP contribution in [0.25, 0.3) is 33.5 Å². The molecular weight excluding hydrogens is 386 g/mol. The maximum absolute atomic E-state index is 12.9. The average Bonchev–Trinajstić information content (AvgIpc) is 3.42. The van der Waals surface area contributed by atoms with Gasteiger partial charge in [0.2, 0.25) is 0 Å². The number of rotatable bonds is 3. The number of benzene rings is 2. The van der Waals surface area contributed by atoms with Gasteiger partial charge in [-0.1, -0.05) is 42.6 Å². The molecule has 4 aromatic rings. The van der Waals surface area contributed by atoms with Crippen LogP contribution in [0.2, 0.25) is 5.02 Å². The third-order valence-electron chi connectivity index (χ3n) is 5.89. The molecule has 148 valence electrons. The lowest BCUT2D eigenvalue weighted by atomic mass is 10.0. The van der Waals surface area contributed by atoms with Gasteiger partial charge in [-0.05, 0) is 37.1 Å². The number of nitrogens with zero attached hydrogens (tertiary/aromatic N) is 3. The maximum atomic E-state index is 12.9. The Kier molecular flexibility index (Phi) is 4.24. The van der Waals surface area contributed by atoms with Crippen LogP contribution >= 0.6 is 11.6 Å². The molecule has 0 spiro atoms. The Hall–Kier alpha value is -2.99. The first-order chi connectivity index (χ1) is 14.0. The number of hydrogen-bond donors (Lipinski definition) is 2. The standard InChI is InChI=1S/C22H22ClN5O/c1-27-18-12-14(9-10-17(18)28(22(27)29)16-7-2-3-8-16)20-19(25-21(24)26-20)13-5-4-6-15(23)11-13/h4-6,9-12,16H,2-3,7-8H2,1H3,(H3,24,25,26). The lowest BCUT2D eigenvalue weighted by Crippen LogP contribution is -2.24. The molecule has 2 aromatic heterocycles. The summed E-state index contributed by atoms with van der Waals surface area (Å²) < 4.78 is 3.70. The van der Waals surface area contributed by atoms with E-state index in [0.717, 1.165) is 46.4 Å². The number of nitrogens with two attached hydrogens (primary N) is 1. The molecule has 1 saturated carbocycles. The van der Waals surface area contributed by atoms with Gasteiger partial charge in [-0.25, -0.2) is 9.78 Å². The Morgan fingerprint density at radius 2 is 1.90 bits per heavy atom. The predicted molar refractivity (Wildman–Crippen MR) is 117 cm³/mol. The summed E-state index contributed by atoms with van der Waals surface area (Å²) in [7, 11) is 1.83. The summed E-state index contributed by atoms with van der Waals surface area (Å²) in [6.45, 7) is 0. The van der Waals surface area contributed by atoms with Crippen LogP contribution < -0.4 is 11.4 Å². The molecule has 7 heteroatoms. The zero-order valence-electron chi connectivity index (χ0n) is 16.2. The van der Waals surface area contributed by atoms with E-state index in [1.807, 2.05) is 54.1 Å². The Labute approximate surface area is 172 Å². The van der Waals surface area contributed by atoms with Gasteiger partial charge >= 0.3 is 5.69 Å². The first-order valence-corrected chi connectivity index (χ1v) is 10.2. The second-order valence-corrected chi connectivity index (χ2v) is 8.15. The summed E-state index contributed by atoms with van der Waals surface area (Å²) in [6, 6.07) is 13.9. The van der Waals surface area contributed by atoms with Gasteiger partial charge in [-0.15, -0.1) is 0 Å². The minimum Gasteiger partial charge on any atom is -0.369 e. The molecule has 0 saturated heterocycles. The van der Waals surface area contributed by atoms with Crippen molar-refractivity contribution < 1.29 is 0 Å². The van der Waals surface area contributed by atoms with Crippen molar-refractivity contribution in [3.63, 3.8) is 0 Å². The number of hydrogen-bond acceptors (Lipinski definition) is 3. The van der Waals surface area contributed by atoms with Crippen LogP contribution in [-0.2, 0) is 7.05 Å². The van der Waals surface area contributed by atoms with E-state index in [0.29, 0.717) is 17.0 Å². The highest BCUT2D eigenvalue weighted by Crippen LogP contribution is 2.35. The monoisotopic (exact) mass is 407 g/mol. The van der Waals surface area contributed by atoms with Gasteiger partial charge in [-0.2, -0.15) is 0 Å². The Bertz CT molecular complexity index is 1280. The second kappa shape index (κ2) is 6.81. The van der Waals surface area contributed by atoms with E-state index in [1.54, 1.807) is 4.57 Å². The van der Waals surface area contributed by atoms with Gasteiger partial charge in [0.15, 0.2) is 5.95 Å². The minimum atomic E-state index is 0.0447. The predicted octanol–water partition coefficient (Wildman–Crippen LogP) is 4.75. The molecule has 0 bridgehead atoms. The van der Waals surface area contributed by atoms with Gasteiger partial charge in [0.1, 0.15) is 0 Å². The number of halogens is 1. The molecule has 5 rings (SSSR count). The average molecular weight is 408 g/mol. The largest absolute Gasteiger partial charge is 0.369 e. The fraction of sp³-hybridized carbons (Fsp3) is 0.273. The van der Waals surface area contributed by atoms with Crippen molar-refractivity contribution in [3.8, 4) is 22.5 Å². The summed E-state index contributed by atoms with van der Waals surface area (Å²) >= 11 is 6.17. The Morgan fingerprint density at radius 3 is 2.66 bits per heavy atom. The van der Waals surface area contributed by atoms with Crippen LogP contribution in [0.3, 0.4) is 0 Å². The first kappa shape index (κ1) is 18.1. The van der Waals surface area contributed by atoms with Crippen molar-refractivity contribution in [2.45, 2.75) is 31.7 Å². The number of aromatic nitrogens is 4. The highest BCUT2D eigenvalue weighted by Gasteiger charge is 2.23. The summed E-state index contributed by atoms with van der Waals surface area (Å²) in [5.41, 5.74) is 11.3. The second-order valence-electron chi connectivity index (χ2n) is 7.71. The number of imidazole rings is 2. The van der Waals surface area contributed by atoms with Crippen LogP contribution in [0.1, 0.15) is 31.7 Å². The third-order valence-corrected chi connectivity index (χ3v) is 6.12. The molecule has 0 radical (unpaired) electrons. The topological polar surface area (TPSA) is 81.6 Å². The van der Waals surface area contributed by atoms with Gasteiger partial charge in [0, 0.05) is 29.2 Å². The first-order valence-electron chi connectivity index (χ1n) is 9.85. The molecule has 6 nitrogen and oxygen atoms in total. The van der Waals surface area contributed by atoms with Crippen molar-refractivity contribution in [2.24, 2.45) is 7.05 Å². The van der Waals surface area contributed by atoms with E-state index >= 15 is 0 Å². The van der Waals surface area contributed by atoms with E-state index < -0.39 is 0 Å². The van der Waals surface area contributed by atoms with E-state index in [2.05, 4.69) is 9.97 Å². The summed E-state index contributed by atoms with van der Waals surface area (Å²) in [5, 5.41) is 0.640. The van der Waals surface area contributed by atoms with Crippen molar-refractivity contribution in [1.29, 1.82) is 0 Å². The number of H-pyrrole nitrogens is 1.